The van der Waals surface area contributed by atoms with Crippen molar-refractivity contribution in [3.8, 4) is 0 Å². The first kappa shape index (κ1) is 17.1. The van der Waals surface area contributed by atoms with E-state index in [0.29, 0.717) is 25.9 Å². The zero-order valence-electron chi connectivity index (χ0n) is 13.4. The molecule has 1 saturated heterocycles. The third-order valence-corrected chi connectivity index (χ3v) is 5.92. The number of nitrogens with two attached hydrogens (primary N) is 1. The number of aliphatic hydroxyl groups is 1. The zero-order valence-corrected chi connectivity index (χ0v) is 14.2. The molecule has 0 amide bonds. The molecule has 3 rings (SSSR count). The van der Waals surface area contributed by atoms with Gasteiger partial charge < -0.3 is 5.11 Å². The maximum atomic E-state index is 11.7. The van der Waals surface area contributed by atoms with Gasteiger partial charge in [-0.05, 0) is 29.9 Å². The number of piperidine rings is 1. The Balaban J connectivity index is 1.96. The number of rotatable bonds is 4. The van der Waals surface area contributed by atoms with Gasteiger partial charge in [0.15, 0.2) is 0 Å². The molecule has 24 heavy (non-hydrogen) atoms. The summed E-state index contributed by atoms with van der Waals surface area (Å²) in [6, 6.07) is 19.1. The zero-order chi connectivity index (χ0) is 17.2. The smallest absolute Gasteiger partial charge is 0.276 e. The lowest BCUT2D eigenvalue weighted by atomic mass is 9.72. The van der Waals surface area contributed by atoms with Crippen molar-refractivity contribution in [3.05, 3.63) is 71.8 Å². The van der Waals surface area contributed by atoms with E-state index in [9.17, 15) is 13.5 Å². The van der Waals surface area contributed by atoms with Crippen molar-refractivity contribution in [1.82, 2.24) is 4.31 Å². The van der Waals surface area contributed by atoms with Gasteiger partial charge in [0.05, 0.1) is 0 Å². The van der Waals surface area contributed by atoms with E-state index >= 15 is 0 Å². The molecule has 0 spiro atoms. The number of hydrogen-bond acceptors (Lipinski definition) is 3. The van der Waals surface area contributed by atoms with Gasteiger partial charge in [-0.25, -0.2) is 5.14 Å². The second-order valence-electron chi connectivity index (χ2n) is 6.22. The van der Waals surface area contributed by atoms with Crippen molar-refractivity contribution in [1.29, 1.82) is 0 Å². The minimum atomic E-state index is -3.67. The Morgan fingerprint density at radius 1 is 0.917 bits per heavy atom. The molecule has 1 aliphatic heterocycles. The topological polar surface area (TPSA) is 83.6 Å². The van der Waals surface area contributed by atoms with Crippen LogP contribution in [0.15, 0.2) is 60.7 Å². The normalized spacial score (nSPS) is 17.8. The molecular formula is C18H22N2O3S. The predicted molar refractivity (Wildman–Crippen MR) is 93.3 cm³/mol. The van der Waals surface area contributed by atoms with E-state index in [0.717, 1.165) is 11.1 Å². The molecule has 0 saturated carbocycles. The van der Waals surface area contributed by atoms with E-state index in [1.807, 2.05) is 60.7 Å². The standard InChI is InChI=1S/C18H22N2O3S/c19-24(22,23)20-13-11-17(12-14-20)18(21,15-7-3-1-4-8-15)16-9-5-2-6-10-16/h1-10,17,21H,11-14H2,(H2,19,22,23). The number of nitrogens with zero attached hydrogens (tertiary/aromatic N) is 1. The van der Waals surface area contributed by atoms with Crippen LogP contribution in [-0.2, 0) is 15.8 Å². The van der Waals surface area contributed by atoms with Crippen molar-refractivity contribution < 1.29 is 13.5 Å². The SMILES string of the molecule is NS(=O)(=O)N1CCC(C(O)(c2ccccc2)c2ccccc2)CC1. The van der Waals surface area contributed by atoms with Gasteiger partial charge in [0, 0.05) is 13.1 Å². The molecule has 2 aromatic rings. The first-order chi connectivity index (χ1) is 11.4. The maximum absolute atomic E-state index is 11.7. The fourth-order valence-corrected chi connectivity index (χ4v) is 4.27. The van der Waals surface area contributed by atoms with Crippen LogP contribution in [0.5, 0.6) is 0 Å². The molecule has 1 heterocycles. The highest BCUT2D eigenvalue weighted by molar-refractivity contribution is 7.86. The lowest BCUT2D eigenvalue weighted by Gasteiger charge is -2.41. The quantitative estimate of drug-likeness (QED) is 0.886. The van der Waals surface area contributed by atoms with Crippen molar-refractivity contribution in [2.45, 2.75) is 18.4 Å². The molecule has 128 valence electrons. The molecule has 0 aromatic heterocycles. The second kappa shape index (κ2) is 6.64. The van der Waals surface area contributed by atoms with Gasteiger partial charge in [-0.1, -0.05) is 60.7 Å². The molecule has 1 fully saturated rings. The lowest BCUT2D eigenvalue weighted by Crippen LogP contribution is -2.47. The van der Waals surface area contributed by atoms with Crippen LogP contribution in [-0.4, -0.2) is 30.9 Å². The highest BCUT2D eigenvalue weighted by Gasteiger charge is 2.42. The Morgan fingerprint density at radius 3 is 1.71 bits per heavy atom. The minimum Gasteiger partial charge on any atom is -0.380 e. The highest BCUT2D eigenvalue weighted by atomic mass is 32.2. The average Bonchev–Trinajstić information content (AvgIpc) is 2.62. The summed E-state index contributed by atoms with van der Waals surface area (Å²) in [5.74, 6) is -0.0831. The minimum absolute atomic E-state index is 0.0831. The monoisotopic (exact) mass is 346 g/mol. The maximum Gasteiger partial charge on any atom is 0.276 e. The van der Waals surface area contributed by atoms with Crippen molar-refractivity contribution in [3.63, 3.8) is 0 Å². The summed E-state index contributed by atoms with van der Waals surface area (Å²) in [5.41, 5.74) is 0.503. The van der Waals surface area contributed by atoms with E-state index < -0.39 is 15.8 Å². The third kappa shape index (κ3) is 3.23. The van der Waals surface area contributed by atoms with Crippen LogP contribution in [0.1, 0.15) is 24.0 Å². The molecule has 0 unspecified atom stereocenters. The Morgan fingerprint density at radius 2 is 1.33 bits per heavy atom. The summed E-state index contributed by atoms with van der Waals surface area (Å²) in [6.07, 6.45) is 1.10. The van der Waals surface area contributed by atoms with Gasteiger partial charge in [0.2, 0.25) is 0 Å². The van der Waals surface area contributed by atoms with Crippen LogP contribution in [0.3, 0.4) is 0 Å². The van der Waals surface area contributed by atoms with Crippen LogP contribution < -0.4 is 5.14 Å². The molecule has 5 nitrogen and oxygen atoms in total. The van der Waals surface area contributed by atoms with Crippen LogP contribution in [0.25, 0.3) is 0 Å². The van der Waals surface area contributed by atoms with E-state index in [1.54, 1.807) is 0 Å². The van der Waals surface area contributed by atoms with Crippen LogP contribution in [0.2, 0.25) is 0 Å². The Kier molecular flexibility index (Phi) is 4.73. The number of hydrogen-bond donors (Lipinski definition) is 2. The van der Waals surface area contributed by atoms with Crippen molar-refractivity contribution >= 4 is 10.2 Å². The van der Waals surface area contributed by atoms with E-state index in [1.165, 1.54) is 4.31 Å². The summed E-state index contributed by atoms with van der Waals surface area (Å²) in [7, 11) is -3.67. The largest absolute Gasteiger partial charge is 0.380 e. The van der Waals surface area contributed by atoms with Crippen LogP contribution >= 0.6 is 0 Å². The van der Waals surface area contributed by atoms with Crippen LogP contribution in [0, 0.1) is 5.92 Å². The van der Waals surface area contributed by atoms with E-state index in [4.69, 9.17) is 5.14 Å². The van der Waals surface area contributed by atoms with Gasteiger partial charge in [-0.3, -0.25) is 0 Å². The summed E-state index contributed by atoms with van der Waals surface area (Å²) >= 11 is 0. The molecule has 6 heteroatoms. The Hall–Kier alpha value is -1.73. The summed E-state index contributed by atoms with van der Waals surface area (Å²) in [5, 5.41) is 16.9. The molecule has 0 aliphatic carbocycles. The lowest BCUT2D eigenvalue weighted by molar-refractivity contribution is -0.00531. The molecular weight excluding hydrogens is 324 g/mol. The Labute approximate surface area is 142 Å². The predicted octanol–water partition coefficient (Wildman–Crippen LogP) is 1.84. The van der Waals surface area contributed by atoms with Crippen LogP contribution in [0.4, 0.5) is 0 Å². The number of benzene rings is 2. The van der Waals surface area contributed by atoms with E-state index in [-0.39, 0.29) is 5.92 Å². The molecule has 0 bridgehead atoms. The second-order valence-corrected chi connectivity index (χ2v) is 7.76. The van der Waals surface area contributed by atoms with E-state index in [2.05, 4.69) is 0 Å². The summed E-state index contributed by atoms with van der Waals surface area (Å²) < 4.78 is 24.3. The summed E-state index contributed by atoms with van der Waals surface area (Å²) in [4.78, 5) is 0. The molecule has 0 radical (unpaired) electrons. The Bertz CT molecular complexity index is 731. The van der Waals surface area contributed by atoms with Crippen molar-refractivity contribution in [2.75, 3.05) is 13.1 Å². The molecule has 2 aromatic carbocycles. The van der Waals surface area contributed by atoms with Gasteiger partial charge in [-0.15, -0.1) is 0 Å². The third-order valence-electron chi connectivity index (χ3n) is 4.83. The molecule has 0 atom stereocenters. The fraction of sp³-hybridized carbons (Fsp3) is 0.333. The molecule has 3 N–H and O–H groups in total. The highest BCUT2D eigenvalue weighted by Crippen LogP contribution is 2.41. The average molecular weight is 346 g/mol. The van der Waals surface area contributed by atoms with Crippen molar-refractivity contribution in [2.24, 2.45) is 11.1 Å². The first-order valence-corrected chi connectivity index (χ1v) is 9.54. The first-order valence-electron chi connectivity index (χ1n) is 8.03. The molecule has 1 aliphatic rings. The fourth-order valence-electron chi connectivity index (χ4n) is 3.55. The van der Waals surface area contributed by atoms with Gasteiger partial charge in [0.25, 0.3) is 10.2 Å². The van der Waals surface area contributed by atoms with Gasteiger partial charge >= 0.3 is 0 Å². The van der Waals surface area contributed by atoms with Gasteiger partial charge in [-0.2, -0.15) is 12.7 Å². The van der Waals surface area contributed by atoms with Gasteiger partial charge in [0.1, 0.15) is 5.60 Å². The summed E-state index contributed by atoms with van der Waals surface area (Å²) in [6.45, 7) is 0.650.